The molecule has 80 valence electrons. The lowest BCUT2D eigenvalue weighted by Gasteiger charge is -2.02. The van der Waals surface area contributed by atoms with E-state index in [2.05, 4.69) is 31.9 Å². The van der Waals surface area contributed by atoms with Crippen LogP contribution in [-0.2, 0) is 0 Å². The Morgan fingerprint density at radius 3 is 2.53 bits per heavy atom. The number of ketones is 1. The number of nitrogens with zero attached hydrogens (tertiary/aromatic N) is 1. The van der Waals surface area contributed by atoms with E-state index in [0.29, 0.717) is 13.6 Å². The fraction of sp³-hybridized carbons (Fsp3) is 0.125. The Labute approximate surface area is 116 Å². The van der Waals surface area contributed by atoms with Crippen LogP contribution in [-0.4, -0.2) is 16.0 Å². The maximum Gasteiger partial charge on any atom is 0.296 e. The zero-order chi connectivity index (χ0) is 11.6. The fourth-order valence-corrected chi connectivity index (χ4v) is 3.10. The van der Waals surface area contributed by atoms with Gasteiger partial charge in [0.15, 0.2) is 5.78 Å². The lowest BCUT2D eigenvalue weighted by Crippen LogP contribution is -2.02. The van der Waals surface area contributed by atoms with Gasteiger partial charge in [-0.2, -0.15) is 0 Å². The summed E-state index contributed by atoms with van der Waals surface area (Å²) < 4.78 is 0.764. The van der Waals surface area contributed by atoms with Crippen LogP contribution in [0.3, 0.4) is 0 Å². The smallest absolute Gasteiger partial charge is 0.293 e. The lowest BCUT2D eigenvalue weighted by molar-refractivity contribution is -0.386. The van der Waals surface area contributed by atoms with Crippen molar-refractivity contribution in [2.45, 2.75) is 0 Å². The van der Waals surface area contributed by atoms with Gasteiger partial charge in [-0.3, -0.25) is 14.9 Å². The summed E-state index contributed by atoms with van der Waals surface area (Å²) in [6.45, 7) is 0. The summed E-state index contributed by atoms with van der Waals surface area (Å²) in [5.41, 5.74) is 0.440. The summed E-state index contributed by atoms with van der Waals surface area (Å²) in [5, 5.41) is 10.9. The van der Waals surface area contributed by atoms with Gasteiger partial charge in [0.2, 0.25) is 0 Å². The van der Waals surface area contributed by atoms with Gasteiger partial charge in [0.25, 0.3) is 5.69 Å². The van der Waals surface area contributed by atoms with E-state index >= 15 is 0 Å². The van der Waals surface area contributed by atoms with Crippen LogP contribution in [0, 0.1) is 13.7 Å². The van der Waals surface area contributed by atoms with Crippen molar-refractivity contribution < 1.29 is 9.72 Å². The Kier molecular flexibility index (Phi) is 4.65. The van der Waals surface area contributed by atoms with Crippen molar-refractivity contribution >= 4 is 65.9 Å². The van der Waals surface area contributed by atoms with E-state index in [9.17, 15) is 14.9 Å². The Morgan fingerprint density at radius 1 is 1.53 bits per heavy atom. The second-order valence-corrected chi connectivity index (χ2v) is 5.18. The predicted molar refractivity (Wildman–Crippen MR) is 71.6 cm³/mol. The van der Waals surface area contributed by atoms with Crippen LogP contribution in [0.25, 0.3) is 0 Å². The molecular weight excluding hydrogens is 445 g/mol. The van der Waals surface area contributed by atoms with Gasteiger partial charge in [0.1, 0.15) is 0 Å². The normalized spacial score (nSPS) is 10.1. The van der Waals surface area contributed by atoms with Crippen LogP contribution >= 0.6 is 54.5 Å². The van der Waals surface area contributed by atoms with Crippen molar-refractivity contribution in [2.24, 2.45) is 0 Å². The maximum absolute atomic E-state index is 11.4. The molecule has 0 aliphatic heterocycles. The third-order valence-corrected chi connectivity index (χ3v) is 3.58. The number of hydrogen-bond acceptors (Lipinski definition) is 3. The van der Waals surface area contributed by atoms with Crippen LogP contribution in [0.1, 0.15) is 10.4 Å². The van der Waals surface area contributed by atoms with E-state index in [0.717, 1.165) is 0 Å². The van der Waals surface area contributed by atoms with Gasteiger partial charge in [-0.15, -0.1) is 0 Å². The first-order valence-corrected chi connectivity index (χ1v) is 6.69. The molecule has 0 aliphatic rings. The van der Waals surface area contributed by atoms with Gasteiger partial charge in [0, 0.05) is 5.56 Å². The van der Waals surface area contributed by atoms with Crippen molar-refractivity contribution in [3.05, 3.63) is 35.9 Å². The number of hydrogen-bond donors (Lipinski definition) is 0. The third kappa shape index (κ3) is 2.97. The molecule has 0 saturated carbocycles. The minimum Gasteiger partial charge on any atom is -0.293 e. The highest BCUT2D eigenvalue weighted by Gasteiger charge is 2.19. The van der Waals surface area contributed by atoms with Crippen molar-refractivity contribution in [1.82, 2.24) is 0 Å². The molecule has 1 rings (SSSR count). The average molecular weight is 449 g/mol. The highest BCUT2D eigenvalue weighted by molar-refractivity contribution is 14.1. The molecule has 0 heterocycles. The largest absolute Gasteiger partial charge is 0.296 e. The predicted octanol–water partition coefficient (Wildman–Crippen LogP) is 3.54. The van der Waals surface area contributed by atoms with E-state index in [-0.39, 0.29) is 16.8 Å². The zero-order valence-corrected chi connectivity index (χ0v) is 12.5. The van der Waals surface area contributed by atoms with Gasteiger partial charge in [-0.05, 0) is 50.7 Å². The summed E-state index contributed by atoms with van der Waals surface area (Å²) >= 11 is 7.97. The highest BCUT2D eigenvalue weighted by Crippen LogP contribution is 2.31. The molecule has 0 aromatic heterocycles. The molecule has 0 aliphatic carbocycles. The van der Waals surface area contributed by atoms with E-state index in [4.69, 9.17) is 0 Å². The molecule has 0 fully saturated rings. The minimum absolute atomic E-state index is 0.0123. The van der Waals surface area contributed by atoms with Crippen LogP contribution in [0.4, 0.5) is 5.69 Å². The number of nitro benzene ring substituents is 1. The maximum atomic E-state index is 11.4. The average Bonchev–Trinajstić information content (AvgIpc) is 2.14. The molecule has 0 amide bonds. The van der Waals surface area contributed by atoms with Gasteiger partial charge in [0.05, 0.1) is 18.3 Å². The molecule has 0 atom stereocenters. The lowest BCUT2D eigenvalue weighted by atomic mass is 10.1. The van der Waals surface area contributed by atoms with Crippen molar-refractivity contribution in [1.29, 1.82) is 0 Å². The monoisotopic (exact) mass is 447 g/mol. The molecule has 0 N–H and O–H groups in total. The number of benzene rings is 1. The number of nitro groups is 1. The fourth-order valence-electron chi connectivity index (χ4n) is 0.978. The summed E-state index contributed by atoms with van der Waals surface area (Å²) in [6, 6.07) is 2.97. The molecule has 7 heteroatoms. The van der Waals surface area contributed by atoms with Crippen LogP contribution < -0.4 is 0 Å². The van der Waals surface area contributed by atoms with Crippen molar-refractivity contribution in [3.63, 3.8) is 0 Å². The molecule has 0 radical (unpaired) electrons. The third-order valence-electron chi connectivity index (χ3n) is 1.64. The Hall–Kier alpha value is -0.0200. The molecule has 0 bridgehead atoms. The molecule has 0 saturated heterocycles. The number of carbonyl (C=O) groups is 1. The molecule has 4 nitrogen and oxygen atoms in total. The SMILES string of the molecule is O=C(CBr)c1cc(Br)c([N+](=O)[O-])c(I)c1. The van der Waals surface area contributed by atoms with Gasteiger partial charge < -0.3 is 0 Å². The zero-order valence-electron chi connectivity index (χ0n) is 7.17. The second kappa shape index (κ2) is 5.35. The minimum atomic E-state index is -0.478. The summed E-state index contributed by atoms with van der Waals surface area (Å²) in [4.78, 5) is 21.6. The standard InChI is InChI=1S/C8H4Br2INO3/c9-3-7(13)4-1-5(10)8(12(14)15)6(11)2-4/h1-2H,3H2. The molecule has 1 aromatic rings. The molecule has 15 heavy (non-hydrogen) atoms. The van der Waals surface area contributed by atoms with E-state index in [1.165, 1.54) is 12.1 Å². The van der Waals surface area contributed by atoms with E-state index in [1.54, 1.807) is 0 Å². The van der Waals surface area contributed by atoms with Crippen molar-refractivity contribution in [2.75, 3.05) is 5.33 Å². The summed E-state index contributed by atoms with van der Waals surface area (Å²) in [5.74, 6) is -0.108. The van der Waals surface area contributed by atoms with Crippen LogP contribution in [0.15, 0.2) is 16.6 Å². The van der Waals surface area contributed by atoms with Gasteiger partial charge in [-0.1, -0.05) is 15.9 Å². The Bertz CT molecular complexity index is 413. The number of carbonyl (C=O) groups excluding carboxylic acids is 1. The van der Waals surface area contributed by atoms with E-state index < -0.39 is 4.92 Å². The van der Waals surface area contributed by atoms with Crippen LogP contribution in [0.5, 0.6) is 0 Å². The second-order valence-electron chi connectivity index (χ2n) is 2.60. The topological polar surface area (TPSA) is 60.2 Å². The van der Waals surface area contributed by atoms with Crippen molar-refractivity contribution in [3.8, 4) is 0 Å². The molecule has 0 unspecified atom stereocenters. The summed E-state index contributed by atoms with van der Waals surface area (Å²) in [6.07, 6.45) is 0. The quantitative estimate of drug-likeness (QED) is 0.234. The number of halogens is 3. The first kappa shape index (κ1) is 13.0. The molecular formula is C8H4Br2INO3. The molecule has 1 aromatic carbocycles. The number of Topliss-reactive ketones (excluding diaryl/α,β-unsaturated/α-hetero) is 1. The first-order valence-electron chi connectivity index (χ1n) is 3.70. The Morgan fingerprint density at radius 2 is 2.13 bits per heavy atom. The van der Waals surface area contributed by atoms with E-state index in [1.807, 2.05) is 22.6 Å². The van der Waals surface area contributed by atoms with Gasteiger partial charge >= 0.3 is 0 Å². The summed E-state index contributed by atoms with van der Waals surface area (Å²) in [7, 11) is 0. The highest BCUT2D eigenvalue weighted by atomic mass is 127. The first-order chi connectivity index (χ1) is 6.97. The molecule has 0 spiro atoms. The number of rotatable bonds is 3. The van der Waals surface area contributed by atoms with Crippen LogP contribution in [0.2, 0.25) is 0 Å². The number of alkyl halides is 1. The van der Waals surface area contributed by atoms with Gasteiger partial charge in [-0.25, -0.2) is 0 Å². The Balaban J connectivity index is 3.31.